The largest absolute Gasteiger partial charge is 0.493 e. The molecule has 0 radical (unpaired) electrons. The Bertz CT molecular complexity index is 716. The first-order chi connectivity index (χ1) is 11.6. The topological polar surface area (TPSA) is 65.1 Å². The smallest absolute Gasteiger partial charge is 0.409 e. The van der Waals surface area contributed by atoms with Gasteiger partial charge in [0.05, 0.1) is 14.2 Å². The summed E-state index contributed by atoms with van der Waals surface area (Å²) in [4.78, 5) is 25.8. The van der Waals surface area contributed by atoms with Crippen LogP contribution in [-0.4, -0.2) is 43.6 Å². The fourth-order valence-electron chi connectivity index (χ4n) is 4.49. The molecule has 1 spiro atoms. The van der Waals surface area contributed by atoms with Gasteiger partial charge >= 0.3 is 6.09 Å². The fraction of sp³-hybridized carbons (Fsp3) is 0.556. The molecule has 1 amide bonds. The number of amides is 1. The van der Waals surface area contributed by atoms with Gasteiger partial charge < -0.3 is 19.1 Å². The maximum atomic E-state index is 12.1. The molecule has 2 heterocycles. The molecule has 1 fully saturated rings. The van der Waals surface area contributed by atoms with Crippen molar-refractivity contribution in [3.8, 4) is 11.5 Å². The number of ketones is 1. The highest BCUT2D eigenvalue weighted by Gasteiger charge is 2.55. The highest BCUT2D eigenvalue weighted by atomic mass is 16.5. The number of hydrogen-bond acceptors (Lipinski definition) is 5. The van der Waals surface area contributed by atoms with E-state index in [1.54, 1.807) is 12.0 Å². The first-order valence-electron chi connectivity index (χ1n) is 8.30. The van der Waals surface area contributed by atoms with Crippen molar-refractivity contribution in [2.45, 2.75) is 43.7 Å². The second-order valence-electron chi connectivity index (χ2n) is 6.78. The van der Waals surface area contributed by atoms with Crippen molar-refractivity contribution in [1.29, 1.82) is 0 Å². The fourth-order valence-corrected chi connectivity index (χ4v) is 4.49. The Balaban J connectivity index is 1.85. The molecule has 3 aliphatic rings. The SMILES string of the molecule is COC(=O)N1CCC23CCC(=O)CC2Oc2c(OC)ccc(c23)C1. The highest BCUT2D eigenvalue weighted by molar-refractivity contribution is 5.81. The summed E-state index contributed by atoms with van der Waals surface area (Å²) < 4.78 is 16.6. The summed E-state index contributed by atoms with van der Waals surface area (Å²) in [6, 6.07) is 3.88. The summed E-state index contributed by atoms with van der Waals surface area (Å²) in [5.74, 6) is 1.69. The minimum absolute atomic E-state index is 0.165. The molecule has 0 bridgehead atoms. The van der Waals surface area contributed by atoms with E-state index >= 15 is 0 Å². The van der Waals surface area contributed by atoms with Crippen LogP contribution >= 0.6 is 0 Å². The Morgan fingerprint density at radius 1 is 1.33 bits per heavy atom. The molecule has 1 aromatic carbocycles. The average molecular weight is 331 g/mol. The maximum Gasteiger partial charge on any atom is 0.409 e. The van der Waals surface area contributed by atoms with Gasteiger partial charge in [0.2, 0.25) is 0 Å². The van der Waals surface area contributed by atoms with Crippen LogP contribution in [-0.2, 0) is 21.5 Å². The van der Waals surface area contributed by atoms with Crippen LogP contribution in [0.4, 0.5) is 4.79 Å². The molecule has 2 aliphatic heterocycles. The van der Waals surface area contributed by atoms with Crippen molar-refractivity contribution in [2.75, 3.05) is 20.8 Å². The summed E-state index contributed by atoms with van der Waals surface area (Å²) in [7, 11) is 3.03. The Kier molecular flexibility index (Phi) is 3.44. The van der Waals surface area contributed by atoms with Crippen LogP contribution in [0.25, 0.3) is 0 Å². The number of carbonyl (C=O) groups excluding carboxylic acids is 2. The third-order valence-corrected chi connectivity index (χ3v) is 5.69. The summed E-state index contributed by atoms with van der Waals surface area (Å²) in [6.45, 7) is 1.09. The lowest BCUT2D eigenvalue weighted by Gasteiger charge is -2.37. The average Bonchev–Trinajstić information content (AvgIpc) is 2.82. The zero-order valence-corrected chi connectivity index (χ0v) is 14.0. The van der Waals surface area contributed by atoms with Crippen LogP contribution < -0.4 is 9.47 Å². The number of Topliss-reactive ketones (excluding diaryl/α,β-unsaturated/α-hetero) is 1. The van der Waals surface area contributed by atoms with Crippen LogP contribution in [0.5, 0.6) is 11.5 Å². The van der Waals surface area contributed by atoms with Crippen molar-refractivity contribution in [3.05, 3.63) is 23.3 Å². The van der Waals surface area contributed by atoms with E-state index < -0.39 is 0 Å². The first kappa shape index (κ1) is 15.3. The summed E-state index contributed by atoms with van der Waals surface area (Å²) in [5, 5.41) is 0. The van der Waals surface area contributed by atoms with E-state index in [2.05, 4.69) is 0 Å². The van der Waals surface area contributed by atoms with Gasteiger partial charge in [-0.1, -0.05) is 6.07 Å². The Morgan fingerprint density at radius 2 is 2.17 bits per heavy atom. The number of carbonyl (C=O) groups is 2. The van der Waals surface area contributed by atoms with E-state index in [-0.39, 0.29) is 23.4 Å². The number of nitrogens with zero attached hydrogens (tertiary/aromatic N) is 1. The second-order valence-corrected chi connectivity index (χ2v) is 6.78. The molecule has 2 unspecified atom stereocenters. The molecule has 1 saturated carbocycles. The monoisotopic (exact) mass is 331 g/mol. The Labute approximate surface area is 140 Å². The first-order valence-corrected chi connectivity index (χ1v) is 8.30. The van der Waals surface area contributed by atoms with E-state index in [0.717, 1.165) is 29.7 Å². The van der Waals surface area contributed by atoms with Gasteiger partial charge in [-0.2, -0.15) is 0 Å². The molecule has 0 saturated heterocycles. The van der Waals surface area contributed by atoms with Gasteiger partial charge in [-0.25, -0.2) is 4.79 Å². The minimum Gasteiger partial charge on any atom is -0.493 e. The van der Waals surface area contributed by atoms with E-state index in [4.69, 9.17) is 14.2 Å². The zero-order valence-electron chi connectivity index (χ0n) is 14.0. The van der Waals surface area contributed by atoms with Crippen molar-refractivity contribution >= 4 is 11.9 Å². The van der Waals surface area contributed by atoms with Gasteiger partial charge in [-0.05, 0) is 24.5 Å². The summed E-state index contributed by atoms with van der Waals surface area (Å²) >= 11 is 0. The molecule has 0 N–H and O–H groups in total. The molecule has 24 heavy (non-hydrogen) atoms. The molecule has 6 heteroatoms. The molecule has 1 aliphatic carbocycles. The van der Waals surface area contributed by atoms with Crippen molar-refractivity contribution in [3.63, 3.8) is 0 Å². The number of rotatable bonds is 1. The van der Waals surface area contributed by atoms with Crippen LogP contribution in [0, 0.1) is 0 Å². The molecule has 0 aromatic heterocycles. The quantitative estimate of drug-likeness (QED) is 0.791. The lowest BCUT2D eigenvalue weighted by molar-refractivity contribution is -0.124. The molecular formula is C18H21NO5. The third kappa shape index (κ3) is 2.01. The van der Waals surface area contributed by atoms with E-state index in [9.17, 15) is 9.59 Å². The molecule has 1 aromatic rings. The zero-order chi connectivity index (χ0) is 16.9. The highest BCUT2D eigenvalue weighted by Crippen LogP contribution is 2.57. The van der Waals surface area contributed by atoms with Gasteiger partial charge in [0.1, 0.15) is 11.9 Å². The van der Waals surface area contributed by atoms with Crippen LogP contribution in [0.3, 0.4) is 0 Å². The van der Waals surface area contributed by atoms with Crippen molar-refractivity contribution in [1.82, 2.24) is 4.90 Å². The number of benzene rings is 1. The van der Waals surface area contributed by atoms with Crippen molar-refractivity contribution in [2.24, 2.45) is 0 Å². The normalized spacial score (nSPS) is 27.7. The molecular weight excluding hydrogens is 310 g/mol. The van der Waals surface area contributed by atoms with E-state index in [1.807, 2.05) is 12.1 Å². The van der Waals surface area contributed by atoms with Crippen LogP contribution in [0.15, 0.2) is 12.1 Å². The molecule has 6 nitrogen and oxygen atoms in total. The number of hydrogen-bond donors (Lipinski definition) is 0. The van der Waals surface area contributed by atoms with Crippen LogP contribution in [0.2, 0.25) is 0 Å². The second kappa shape index (κ2) is 5.40. The standard InChI is InChI=1S/C18H21NO5/c1-22-13-4-3-11-10-19(17(21)23-2)8-7-18-6-5-12(20)9-14(18)24-16(13)15(11)18/h3-4,14H,5-10H2,1-2H3. The predicted molar refractivity (Wildman–Crippen MR) is 85.4 cm³/mol. The lowest BCUT2D eigenvalue weighted by Crippen LogP contribution is -2.45. The van der Waals surface area contributed by atoms with Gasteiger partial charge in [0, 0.05) is 36.9 Å². The number of methoxy groups -OCH3 is 2. The third-order valence-electron chi connectivity index (χ3n) is 5.69. The van der Waals surface area contributed by atoms with Gasteiger partial charge in [0.15, 0.2) is 11.5 Å². The van der Waals surface area contributed by atoms with Crippen molar-refractivity contribution < 1.29 is 23.8 Å². The summed E-state index contributed by atoms with van der Waals surface area (Å²) in [6.07, 6.45) is 2.04. The van der Waals surface area contributed by atoms with E-state index in [0.29, 0.717) is 31.7 Å². The van der Waals surface area contributed by atoms with Crippen LogP contribution in [0.1, 0.15) is 36.8 Å². The van der Waals surface area contributed by atoms with E-state index in [1.165, 1.54) is 7.11 Å². The lowest BCUT2D eigenvalue weighted by atomic mass is 9.65. The summed E-state index contributed by atoms with van der Waals surface area (Å²) in [5.41, 5.74) is 1.98. The predicted octanol–water partition coefficient (Wildman–Crippen LogP) is 2.42. The Morgan fingerprint density at radius 3 is 2.92 bits per heavy atom. The van der Waals surface area contributed by atoms with Gasteiger partial charge in [-0.15, -0.1) is 0 Å². The minimum atomic E-state index is -0.319. The number of ether oxygens (including phenoxy) is 3. The maximum absolute atomic E-state index is 12.1. The molecule has 2 atom stereocenters. The molecule has 4 rings (SSSR count). The molecule has 128 valence electrons. The Hall–Kier alpha value is -2.24. The van der Waals surface area contributed by atoms with Gasteiger partial charge in [0.25, 0.3) is 0 Å². The van der Waals surface area contributed by atoms with Gasteiger partial charge in [-0.3, -0.25) is 4.79 Å².